The first-order valence-electron chi connectivity index (χ1n) is 9.78. The quantitative estimate of drug-likeness (QED) is 0.733. The van der Waals surface area contributed by atoms with E-state index < -0.39 is 5.41 Å². The van der Waals surface area contributed by atoms with E-state index in [9.17, 15) is 9.59 Å². The highest BCUT2D eigenvalue weighted by Crippen LogP contribution is 2.29. The summed E-state index contributed by atoms with van der Waals surface area (Å²) in [5, 5.41) is 2.85. The maximum atomic E-state index is 13.2. The van der Waals surface area contributed by atoms with E-state index in [0.29, 0.717) is 18.2 Å². The molecule has 1 unspecified atom stereocenters. The minimum absolute atomic E-state index is 0.00375. The first-order valence-corrected chi connectivity index (χ1v) is 9.78. The fourth-order valence-electron chi connectivity index (χ4n) is 2.93. The van der Waals surface area contributed by atoms with Gasteiger partial charge in [0.2, 0.25) is 11.8 Å². The number of benzene rings is 1. The first-order chi connectivity index (χ1) is 12.9. The van der Waals surface area contributed by atoms with Crippen molar-refractivity contribution in [3.05, 3.63) is 23.8 Å². The summed E-state index contributed by atoms with van der Waals surface area (Å²) in [6, 6.07) is 5.87. The van der Waals surface area contributed by atoms with Gasteiger partial charge in [0.25, 0.3) is 0 Å². The standard InChI is InChI=1S/C22H37N3O3/c1-15(2)16(3)25(21(27)22(4,5)6)13-17-12-18(23-20(26)14-28-9)10-11-19(17)24(7)8/h10-12,15-16H,13-14H2,1-9H3,(H,23,26). The molecule has 0 aliphatic rings. The fraction of sp³-hybridized carbons (Fsp3) is 0.636. The molecule has 0 saturated carbocycles. The highest BCUT2D eigenvalue weighted by atomic mass is 16.5. The van der Waals surface area contributed by atoms with E-state index in [1.54, 1.807) is 0 Å². The SMILES string of the molecule is COCC(=O)Nc1ccc(N(C)C)c(CN(C(=O)C(C)(C)C)C(C)C(C)C)c1. The van der Waals surface area contributed by atoms with E-state index in [2.05, 4.69) is 26.1 Å². The summed E-state index contributed by atoms with van der Waals surface area (Å²) >= 11 is 0. The van der Waals surface area contributed by atoms with Crippen LogP contribution in [0.25, 0.3) is 0 Å². The maximum absolute atomic E-state index is 13.2. The summed E-state index contributed by atoms with van der Waals surface area (Å²) in [7, 11) is 5.44. The number of anilines is 2. The van der Waals surface area contributed by atoms with Gasteiger partial charge in [-0.25, -0.2) is 0 Å². The second kappa shape index (κ2) is 9.92. The zero-order valence-electron chi connectivity index (χ0n) is 18.9. The molecule has 28 heavy (non-hydrogen) atoms. The van der Waals surface area contributed by atoms with Crippen molar-refractivity contribution < 1.29 is 14.3 Å². The van der Waals surface area contributed by atoms with Gasteiger partial charge < -0.3 is 19.9 Å². The monoisotopic (exact) mass is 391 g/mol. The third-order valence-corrected chi connectivity index (χ3v) is 4.82. The minimum atomic E-state index is -0.467. The summed E-state index contributed by atoms with van der Waals surface area (Å²) < 4.78 is 4.89. The fourth-order valence-corrected chi connectivity index (χ4v) is 2.93. The lowest BCUT2D eigenvalue weighted by Gasteiger charge is -2.37. The molecule has 0 aliphatic carbocycles. The molecule has 0 spiro atoms. The number of methoxy groups -OCH3 is 1. The molecular weight excluding hydrogens is 354 g/mol. The van der Waals surface area contributed by atoms with Crippen LogP contribution in [0.4, 0.5) is 11.4 Å². The molecule has 1 N–H and O–H groups in total. The lowest BCUT2D eigenvalue weighted by atomic mass is 9.92. The zero-order chi connectivity index (χ0) is 21.6. The second-order valence-corrected chi connectivity index (χ2v) is 8.89. The van der Waals surface area contributed by atoms with Gasteiger partial charge in [-0.15, -0.1) is 0 Å². The topological polar surface area (TPSA) is 61.9 Å². The number of rotatable bonds is 8. The zero-order valence-corrected chi connectivity index (χ0v) is 18.9. The number of hydrogen-bond donors (Lipinski definition) is 1. The highest BCUT2D eigenvalue weighted by molar-refractivity contribution is 5.92. The van der Waals surface area contributed by atoms with Gasteiger partial charge in [0.15, 0.2) is 0 Å². The van der Waals surface area contributed by atoms with Crippen LogP contribution in [0, 0.1) is 11.3 Å². The molecule has 0 aromatic heterocycles. The van der Waals surface area contributed by atoms with Gasteiger partial charge in [0.1, 0.15) is 6.61 Å². The van der Waals surface area contributed by atoms with Crippen LogP contribution in [0.1, 0.15) is 47.1 Å². The molecule has 1 aromatic rings. The van der Waals surface area contributed by atoms with E-state index >= 15 is 0 Å². The molecule has 0 fully saturated rings. The summed E-state index contributed by atoms with van der Waals surface area (Å²) in [4.78, 5) is 29.0. The molecule has 6 heteroatoms. The van der Waals surface area contributed by atoms with Gasteiger partial charge in [0.05, 0.1) is 0 Å². The number of hydrogen-bond acceptors (Lipinski definition) is 4. The second-order valence-electron chi connectivity index (χ2n) is 8.89. The van der Waals surface area contributed by atoms with Crippen molar-refractivity contribution in [2.45, 2.75) is 54.1 Å². The number of carbonyl (C=O) groups is 2. The van der Waals surface area contributed by atoms with Crippen molar-refractivity contribution in [1.29, 1.82) is 0 Å². The molecule has 2 amide bonds. The highest BCUT2D eigenvalue weighted by Gasteiger charge is 2.32. The summed E-state index contributed by atoms with van der Waals surface area (Å²) in [5.74, 6) is 0.246. The van der Waals surface area contributed by atoms with Crippen LogP contribution in [0.2, 0.25) is 0 Å². The van der Waals surface area contributed by atoms with Gasteiger partial charge >= 0.3 is 0 Å². The van der Waals surface area contributed by atoms with E-state index in [4.69, 9.17) is 4.74 Å². The first kappa shape index (κ1) is 24.0. The Balaban J connectivity index is 3.31. The third kappa shape index (κ3) is 6.51. The number of amides is 2. The van der Waals surface area contributed by atoms with Crippen molar-refractivity contribution in [3.8, 4) is 0 Å². The van der Waals surface area contributed by atoms with Gasteiger partial charge in [-0.1, -0.05) is 34.6 Å². The number of nitrogens with zero attached hydrogens (tertiary/aromatic N) is 2. The molecule has 6 nitrogen and oxygen atoms in total. The summed E-state index contributed by atoms with van der Waals surface area (Å²) in [5.41, 5.74) is 2.24. The summed E-state index contributed by atoms with van der Waals surface area (Å²) in [6.45, 7) is 12.7. The number of carbonyl (C=O) groups excluding carboxylic acids is 2. The Labute approximate surface area is 170 Å². The predicted molar refractivity (Wildman–Crippen MR) is 116 cm³/mol. The smallest absolute Gasteiger partial charge is 0.250 e. The van der Waals surface area contributed by atoms with Crippen LogP contribution < -0.4 is 10.2 Å². The normalized spacial score (nSPS) is 12.6. The van der Waals surface area contributed by atoms with Crippen molar-refractivity contribution >= 4 is 23.2 Å². The minimum Gasteiger partial charge on any atom is -0.377 e. The van der Waals surface area contributed by atoms with Crippen molar-refractivity contribution in [2.24, 2.45) is 11.3 Å². The molecule has 0 saturated heterocycles. The Bertz CT molecular complexity index is 678. The van der Waals surface area contributed by atoms with Crippen molar-refractivity contribution in [2.75, 3.05) is 38.0 Å². The molecule has 158 valence electrons. The van der Waals surface area contributed by atoms with Crippen LogP contribution >= 0.6 is 0 Å². The van der Waals surface area contributed by atoms with E-state index in [0.717, 1.165) is 11.3 Å². The molecule has 0 radical (unpaired) electrons. The Morgan fingerprint density at radius 2 is 1.75 bits per heavy atom. The molecule has 1 rings (SSSR count). The van der Waals surface area contributed by atoms with Gasteiger partial charge in [-0.05, 0) is 36.6 Å². The van der Waals surface area contributed by atoms with Crippen molar-refractivity contribution in [1.82, 2.24) is 4.90 Å². The third-order valence-electron chi connectivity index (χ3n) is 4.82. The van der Waals surface area contributed by atoms with Crippen LogP contribution in [-0.4, -0.2) is 50.6 Å². The average molecular weight is 392 g/mol. The Morgan fingerprint density at radius 3 is 2.21 bits per heavy atom. The predicted octanol–water partition coefficient (Wildman–Crippen LogP) is 3.76. The Kier molecular flexibility index (Phi) is 8.48. The van der Waals surface area contributed by atoms with E-state index in [1.165, 1.54) is 7.11 Å². The maximum Gasteiger partial charge on any atom is 0.250 e. The van der Waals surface area contributed by atoms with Crippen LogP contribution in [0.3, 0.4) is 0 Å². The van der Waals surface area contributed by atoms with Crippen LogP contribution in [0.5, 0.6) is 0 Å². The van der Waals surface area contributed by atoms with Gasteiger partial charge in [-0.3, -0.25) is 9.59 Å². The lowest BCUT2D eigenvalue weighted by Crippen LogP contribution is -2.46. The van der Waals surface area contributed by atoms with Crippen LogP contribution in [-0.2, 0) is 20.9 Å². The Morgan fingerprint density at radius 1 is 1.14 bits per heavy atom. The van der Waals surface area contributed by atoms with E-state index in [-0.39, 0.29) is 24.5 Å². The van der Waals surface area contributed by atoms with Crippen molar-refractivity contribution in [3.63, 3.8) is 0 Å². The summed E-state index contributed by atoms with van der Waals surface area (Å²) in [6.07, 6.45) is 0. The van der Waals surface area contributed by atoms with Crippen LogP contribution in [0.15, 0.2) is 18.2 Å². The molecule has 1 aromatic carbocycles. The Hall–Kier alpha value is -2.08. The number of ether oxygens (including phenoxy) is 1. The molecule has 0 bridgehead atoms. The molecule has 0 heterocycles. The van der Waals surface area contributed by atoms with Gasteiger partial charge in [-0.2, -0.15) is 0 Å². The average Bonchev–Trinajstić information content (AvgIpc) is 2.57. The lowest BCUT2D eigenvalue weighted by molar-refractivity contribution is -0.143. The molecule has 1 atom stereocenters. The largest absolute Gasteiger partial charge is 0.377 e. The molecule has 0 aliphatic heterocycles. The van der Waals surface area contributed by atoms with E-state index in [1.807, 2.05) is 62.9 Å². The molecular formula is C22H37N3O3. The van der Waals surface area contributed by atoms with Gasteiger partial charge in [0, 0.05) is 50.6 Å². The number of nitrogens with one attached hydrogen (secondary N) is 1.